The molecule has 21 heavy (non-hydrogen) atoms. The van der Waals surface area contributed by atoms with Crippen LogP contribution in [0.4, 0.5) is 0 Å². The van der Waals surface area contributed by atoms with E-state index in [0.29, 0.717) is 11.3 Å². The van der Waals surface area contributed by atoms with Crippen LogP contribution in [-0.2, 0) is 17.6 Å². The number of carbonyl (C=O) groups excluding carboxylic acids is 1. The molecule has 1 heterocycles. The Morgan fingerprint density at radius 2 is 2.10 bits per heavy atom. The lowest BCUT2D eigenvalue weighted by Gasteiger charge is -2.08. The van der Waals surface area contributed by atoms with Gasteiger partial charge in [-0.1, -0.05) is 42.0 Å². The van der Waals surface area contributed by atoms with E-state index in [2.05, 4.69) is 35.1 Å². The monoisotopic (exact) mass is 302 g/mol. The van der Waals surface area contributed by atoms with Crippen LogP contribution in [0, 0.1) is 18.5 Å². The topological polar surface area (TPSA) is 55.0 Å². The smallest absolute Gasteiger partial charge is 0.342 e. The maximum Gasteiger partial charge on any atom is 0.342 e. The molecule has 0 bridgehead atoms. The molecule has 4 nitrogen and oxygen atoms in total. The van der Waals surface area contributed by atoms with Gasteiger partial charge in [0.15, 0.2) is 0 Å². The number of esters is 1. The van der Waals surface area contributed by atoms with Gasteiger partial charge in [-0.25, -0.2) is 9.78 Å². The van der Waals surface area contributed by atoms with Crippen molar-refractivity contribution in [3.8, 4) is 0 Å². The van der Waals surface area contributed by atoms with E-state index in [4.69, 9.17) is 17.0 Å². The second kappa shape index (κ2) is 6.63. The predicted molar refractivity (Wildman–Crippen MR) is 84.1 cm³/mol. The number of nitrogens with one attached hydrogen (secondary N) is 1. The number of aryl methyl sites for hydroxylation is 4. The van der Waals surface area contributed by atoms with Crippen LogP contribution in [0.25, 0.3) is 0 Å². The third-order valence-corrected chi connectivity index (χ3v) is 3.58. The quantitative estimate of drug-likeness (QED) is 0.695. The zero-order valence-corrected chi connectivity index (χ0v) is 13.2. The van der Waals surface area contributed by atoms with E-state index in [1.807, 2.05) is 6.07 Å². The van der Waals surface area contributed by atoms with Crippen LogP contribution in [0.5, 0.6) is 0 Å². The number of H-pyrrole nitrogens is 1. The highest BCUT2D eigenvalue weighted by Crippen LogP contribution is 2.11. The van der Waals surface area contributed by atoms with Crippen molar-refractivity contribution in [2.24, 2.45) is 0 Å². The third-order valence-electron chi connectivity index (χ3n) is 3.28. The number of aromatic nitrogens is 2. The van der Waals surface area contributed by atoms with Crippen LogP contribution in [-0.4, -0.2) is 23.0 Å². The molecule has 0 amide bonds. The Morgan fingerprint density at radius 3 is 2.71 bits per heavy atom. The fourth-order valence-corrected chi connectivity index (χ4v) is 2.58. The lowest BCUT2D eigenvalue weighted by Crippen LogP contribution is -2.10. The molecular weight excluding hydrogens is 284 g/mol. The van der Waals surface area contributed by atoms with Crippen LogP contribution >= 0.6 is 12.2 Å². The van der Waals surface area contributed by atoms with Gasteiger partial charge in [-0.15, -0.1) is 0 Å². The van der Waals surface area contributed by atoms with Crippen molar-refractivity contribution in [1.82, 2.24) is 9.97 Å². The normalized spacial score (nSPS) is 10.4. The van der Waals surface area contributed by atoms with Gasteiger partial charge in [0, 0.05) is 12.1 Å². The highest BCUT2D eigenvalue weighted by molar-refractivity contribution is 7.71. The van der Waals surface area contributed by atoms with Gasteiger partial charge in [0.25, 0.3) is 0 Å². The van der Waals surface area contributed by atoms with E-state index in [0.717, 1.165) is 18.7 Å². The number of hydrogen-bond donors (Lipinski definition) is 1. The zero-order valence-electron chi connectivity index (χ0n) is 12.4. The molecule has 0 spiro atoms. The minimum atomic E-state index is -0.452. The van der Waals surface area contributed by atoms with Gasteiger partial charge in [-0.3, -0.25) is 0 Å². The van der Waals surface area contributed by atoms with Gasteiger partial charge in [0.1, 0.15) is 16.0 Å². The van der Waals surface area contributed by atoms with Gasteiger partial charge < -0.3 is 9.72 Å². The number of nitrogens with zero attached hydrogens (tertiary/aromatic N) is 1. The van der Waals surface area contributed by atoms with Crippen molar-refractivity contribution in [2.75, 3.05) is 7.11 Å². The molecule has 0 aliphatic heterocycles. The molecule has 0 aliphatic rings. The molecule has 0 radical (unpaired) electrons. The maximum atomic E-state index is 11.6. The summed E-state index contributed by atoms with van der Waals surface area (Å²) in [6, 6.07) is 8.37. The van der Waals surface area contributed by atoms with Crippen molar-refractivity contribution in [2.45, 2.75) is 26.7 Å². The van der Waals surface area contributed by atoms with E-state index in [-0.39, 0.29) is 4.64 Å². The molecular formula is C16H18N2O2S. The Labute approximate surface area is 129 Å². The molecule has 1 N–H and O–H groups in total. The molecule has 0 unspecified atom stereocenters. The van der Waals surface area contributed by atoms with Crippen LogP contribution < -0.4 is 0 Å². The summed E-state index contributed by atoms with van der Waals surface area (Å²) in [5, 5.41) is 0. The fourth-order valence-electron chi connectivity index (χ4n) is 2.24. The van der Waals surface area contributed by atoms with Crippen molar-refractivity contribution in [1.29, 1.82) is 0 Å². The molecule has 0 fully saturated rings. The SMILES string of the molecule is COC(=O)c1c(C)[nH]c(CCc2cccc(C)c2)nc1=S. The van der Waals surface area contributed by atoms with E-state index >= 15 is 0 Å². The first kappa shape index (κ1) is 15.4. The fraction of sp³-hybridized carbons (Fsp3) is 0.312. The Bertz CT molecular complexity index is 722. The number of hydrogen-bond acceptors (Lipinski definition) is 4. The van der Waals surface area contributed by atoms with Crippen LogP contribution in [0.1, 0.15) is 33.0 Å². The number of aromatic amines is 1. The number of benzene rings is 1. The minimum Gasteiger partial charge on any atom is -0.465 e. The van der Waals surface area contributed by atoms with Gasteiger partial charge in [0.2, 0.25) is 0 Å². The number of methoxy groups -OCH3 is 1. The Hall–Kier alpha value is -2.01. The van der Waals surface area contributed by atoms with Crippen molar-refractivity contribution in [3.63, 3.8) is 0 Å². The maximum absolute atomic E-state index is 11.6. The molecule has 5 heteroatoms. The van der Waals surface area contributed by atoms with Crippen LogP contribution in [0.15, 0.2) is 24.3 Å². The first-order valence-electron chi connectivity index (χ1n) is 6.75. The standard InChI is InChI=1S/C16H18N2O2S/c1-10-5-4-6-12(9-10)7-8-13-17-11(2)14(15(21)18-13)16(19)20-3/h4-6,9H,7-8H2,1-3H3,(H,17,18,21). The predicted octanol–water partition coefficient (Wildman–Crippen LogP) is 3.33. The van der Waals surface area contributed by atoms with Crippen molar-refractivity contribution >= 4 is 18.2 Å². The van der Waals surface area contributed by atoms with Gasteiger partial charge >= 0.3 is 5.97 Å². The lowest BCUT2D eigenvalue weighted by molar-refractivity contribution is 0.0598. The highest BCUT2D eigenvalue weighted by atomic mass is 32.1. The first-order valence-corrected chi connectivity index (χ1v) is 7.15. The van der Waals surface area contributed by atoms with Gasteiger partial charge in [-0.2, -0.15) is 0 Å². The highest BCUT2D eigenvalue weighted by Gasteiger charge is 2.14. The molecule has 0 saturated carbocycles. The Morgan fingerprint density at radius 1 is 1.33 bits per heavy atom. The number of rotatable bonds is 4. The van der Waals surface area contributed by atoms with Gasteiger partial charge in [-0.05, 0) is 25.8 Å². The van der Waals surface area contributed by atoms with Crippen molar-refractivity contribution < 1.29 is 9.53 Å². The molecule has 2 aromatic rings. The molecule has 1 aromatic carbocycles. The van der Waals surface area contributed by atoms with Gasteiger partial charge in [0.05, 0.1) is 7.11 Å². The molecule has 0 aliphatic carbocycles. The molecule has 2 rings (SSSR count). The minimum absolute atomic E-state index is 0.289. The summed E-state index contributed by atoms with van der Waals surface area (Å²) in [6.45, 7) is 3.88. The Balaban J connectivity index is 2.19. The lowest BCUT2D eigenvalue weighted by atomic mass is 10.1. The molecule has 1 aromatic heterocycles. The summed E-state index contributed by atoms with van der Waals surface area (Å²) in [5.41, 5.74) is 3.53. The summed E-state index contributed by atoms with van der Waals surface area (Å²) in [5.74, 6) is 0.332. The summed E-state index contributed by atoms with van der Waals surface area (Å²) in [4.78, 5) is 19.1. The van der Waals surface area contributed by atoms with Crippen molar-refractivity contribution in [3.05, 3.63) is 57.1 Å². The number of carbonyl (C=O) groups is 1. The second-order valence-electron chi connectivity index (χ2n) is 4.97. The van der Waals surface area contributed by atoms with E-state index in [1.54, 1.807) is 6.92 Å². The summed E-state index contributed by atoms with van der Waals surface area (Å²) in [7, 11) is 1.34. The van der Waals surface area contributed by atoms with Crippen LogP contribution in [0.2, 0.25) is 0 Å². The average molecular weight is 302 g/mol. The van der Waals surface area contributed by atoms with E-state index in [9.17, 15) is 4.79 Å². The summed E-state index contributed by atoms with van der Waals surface area (Å²) in [6.07, 6.45) is 1.62. The van der Waals surface area contributed by atoms with Crippen LogP contribution in [0.3, 0.4) is 0 Å². The molecule has 0 saturated heterocycles. The second-order valence-corrected chi connectivity index (χ2v) is 5.36. The summed E-state index contributed by atoms with van der Waals surface area (Å²) >= 11 is 5.19. The third kappa shape index (κ3) is 3.76. The van der Waals surface area contributed by atoms with E-state index in [1.165, 1.54) is 18.2 Å². The molecule has 0 atom stereocenters. The largest absolute Gasteiger partial charge is 0.465 e. The van der Waals surface area contributed by atoms with E-state index < -0.39 is 5.97 Å². The Kier molecular flexibility index (Phi) is 4.85. The first-order chi connectivity index (χ1) is 10.0. The number of ether oxygens (including phenoxy) is 1. The molecule has 110 valence electrons. The average Bonchev–Trinajstić information content (AvgIpc) is 2.44. The summed E-state index contributed by atoms with van der Waals surface area (Å²) < 4.78 is 5.00. The zero-order chi connectivity index (χ0) is 15.4.